The first kappa shape index (κ1) is 12.5. The van der Waals surface area contributed by atoms with Crippen molar-refractivity contribution in [2.75, 3.05) is 11.9 Å². The number of anilines is 1. The molecule has 1 rings (SSSR count). The molecule has 1 aromatic carbocycles. The molecular weight excluding hydrogens is 254 g/mol. The van der Waals surface area contributed by atoms with Gasteiger partial charge < -0.3 is 10.4 Å². The molecule has 1 unspecified atom stereocenters. The molecule has 0 amide bonds. The molecule has 0 aliphatic rings. The number of nitrogens with one attached hydrogen (secondary N) is 1. The van der Waals surface area contributed by atoms with Crippen molar-refractivity contribution in [2.24, 2.45) is 0 Å². The minimum atomic E-state index is -0.642. The summed E-state index contributed by atoms with van der Waals surface area (Å²) in [6, 6.07) is 6.10. The fourth-order valence-corrected chi connectivity index (χ4v) is 1.50. The quantitative estimate of drug-likeness (QED) is 0.881. The molecule has 0 saturated carbocycles. The molecule has 2 N–H and O–H groups in total. The van der Waals surface area contributed by atoms with Crippen molar-refractivity contribution in [1.29, 1.82) is 0 Å². The van der Waals surface area contributed by atoms with Gasteiger partial charge in [0.1, 0.15) is 0 Å². The molecule has 1 atom stereocenters. The van der Waals surface area contributed by atoms with Crippen LogP contribution in [0, 0.1) is 6.92 Å². The number of halogens is 1. The molecular formula is C12H18BrNO. The molecule has 0 aliphatic carbocycles. The maximum absolute atomic E-state index is 9.83. The van der Waals surface area contributed by atoms with Crippen LogP contribution in [0.3, 0.4) is 0 Å². The van der Waals surface area contributed by atoms with Crippen molar-refractivity contribution in [1.82, 2.24) is 0 Å². The van der Waals surface area contributed by atoms with Gasteiger partial charge in [-0.3, -0.25) is 0 Å². The van der Waals surface area contributed by atoms with Gasteiger partial charge in [-0.05, 0) is 38.0 Å². The number of aliphatic hydroxyl groups is 1. The normalized spacial score (nSPS) is 14.7. The molecule has 1 aromatic rings. The maximum Gasteiger partial charge on any atom is 0.0788 e. The van der Waals surface area contributed by atoms with Crippen molar-refractivity contribution < 1.29 is 5.11 Å². The van der Waals surface area contributed by atoms with Gasteiger partial charge in [0.15, 0.2) is 0 Å². The highest BCUT2D eigenvalue weighted by Gasteiger charge is 2.16. The molecule has 0 heterocycles. The first-order valence-electron chi connectivity index (χ1n) is 5.17. The average Bonchev–Trinajstić information content (AvgIpc) is 2.20. The average molecular weight is 272 g/mol. The summed E-state index contributed by atoms with van der Waals surface area (Å²) in [5.41, 5.74) is 1.60. The molecule has 0 aliphatic heterocycles. The van der Waals surface area contributed by atoms with E-state index in [-0.39, 0.29) is 0 Å². The van der Waals surface area contributed by atoms with Gasteiger partial charge in [-0.15, -0.1) is 0 Å². The Kier molecular flexibility index (Phi) is 4.17. The second kappa shape index (κ2) is 4.99. The van der Waals surface area contributed by atoms with Crippen LogP contribution in [0.5, 0.6) is 0 Å². The molecule has 3 heteroatoms. The number of hydrogen-bond donors (Lipinski definition) is 2. The first-order valence-corrected chi connectivity index (χ1v) is 5.96. The van der Waals surface area contributed by atoms with E-state index in [0.29, 0.717) is 6.54 Å². The van der Waals surface area contributed by atoms with Crippen LogP contribution in [0.1, 0.15) is 25.8 Å². The zero-order chi connectivity index (χ0) is 11.5. The Morgan fingerprint density at radius 3 is 2.67 bits per heavy atom. The fourth-order valence-electron chi connectivity index (χ4n) is 1.12. The lowest BCUT2D eigenvalue weighted by Crippen LogP contribution is -2.32. The van der Waals surface area contributed by atoms with Gasteiger partial charge in [0, 0.05) is 16.7 Å². The maximum atomic E-state index is 9.83. The van der Waals surface area contributed by atoms with Gasteiger partial charge in [-0.1, -0.05) is 28.9 Å². The van der Waals surface area contributed by atoms with E-state index in [1.165, 1.54) is 5.56 Å². The molecule has 0 saturated heterocycles. The van der Waals surface area contributed by atoms with Gasteiger partial charge in [-0.2, -0.15) is 0 Å². The highest BCUT2D eigenvalue weighted by molar-refractivity contribution is 9.10. The van der Waals surface area contributed by atoms with E-state index in [0.717, 1.165) is 16.6 Å². The SMILES string of the molecule is CCC(C)(O)CNc1ccc(C)c(Br)c1. The predicted octanol–water partition coefficient (Wildman–Crippen LogP) is 3.33. The van der Waals surface area contributed by atoms with Crippen LogP contribution < -0.4 is 5.32 Å². The summed E-state index contributed by atoms with van der Waals surface area (Å²) in [5.74, 6) is 0. The molecule has 0 radical (unpaired) electrons. The van der Waals surface area contributed by atoms with E-state index in [4.69, 9.17) is 0 Å². The van der Waals surface area contributed by atoms with Crippen molar-refractivity contribution in [3.8, 4) is 0 Å². The molecule has 0 aromatic heterocycles. The molecule has 0 fully saturated rings. The minimum Gasteiger partial charge on any atom is -0.388 e. The summed E-state index contributed by atoms with van der Waals surface area (Å²) in [6.45, 7) is 6.44. The topological polar surface area (TPSA) is 32.3 Å². The summed E-state index contributed by atoms with van der Waals surface area (Å²) in [5, 5.41) is 13.1. The van der Waals surface area contributed by atoms with Crippen LogP contribution in [0.25, 0.3) is 0 Å². The lowest BCUT2D eigenvalue weighted by Gasteiger charge is -2.22. The van der Waals surface area contributed by atoms with Crippen molar-refractivity contribution in [3.63, 3.8) is 0 Å². The summed E-state index contributed by atoms with van der Waals surface area (Å²) in [6.07, 6.45) is 0.743. The monoisotopic (exact) mass is 271 g/mol. The number of rotatable bonds is 4. The lowest BCUT2D eigenvalue weighted by molar-refractivity contribution is 0.0697. The van der Waals surface area contributed by atoms with Gasteiger partial charge in [-0.25, -0.2) is 0 Å². The highest BCUT2D eigenvalue weighted by Crippen LogP contribution is 2.21. The third kappa shape index (κ3) is 3.84. The second-order valence-electron chi connectivity index (χ2n) is 4.17. The molecule has 84 valence electrons. The van der Waals surface area contributed by atoms with Gasteiger partial charge in [0.2, 0.25) is 0 Å². The third-order valence-corrected chi connectivity index (χ3v) is 3.46. The largest absolute Gasteiger partial charge is 0.388 e. The van der Waals surface area contributed by atoms with Crippen molar-refractivity contribution in [3.05, 3.63) is 28.2 Å². The van der Waals surface area contributed by atoms with Gasteiger partial charge >= 0.3 is 0 Å². The number of hydrogen-bond acceptors (Lipinski definition) is 2. The van der Waals surface area contributed by atoms with Crippen LogP contribution in [-0.4, -0.2) is 17.3 Å². The Balaban J connectivity index is 2.62. The standard InChI is InChI=1S/C12H18BrNO/c1-4-12(3,15)8-14-10-6-5-9(2)11(13)7-10/h5-7,14-15H,4,8H2,1-3H3. The van der Waals surface area contributed by atoms with E-state index in [2.05, 4.69) is 28.2 Å². The van der Waals surface area contributed by atoms with E-state index in [9.17, 15) is 5.11 Å². The number of aryl methyl sites for hydroxylation is 1. The molecule has 0 spiro atoms. The van der Waals surface area contributed by atoms with Crippen LogP contribution in [0.2, 0.25) is 0 Å². The Morgan fingerprint density at radius 1 is 1.47 bits per heavy atom. The molecule has 15 heavy (non-hydrogen) atoms. The summed E-state index contributed by atoms with van der Waals surface area (Å²) >= 11 is 3.48. The Labute approximate surface area is 99.8 Å². The highest BCUT2D eigenvalue weighted by atomic mass is 79.9. The van der Waals surface area contributed by atoms with Crippen LogP contribution >= 0.6 is 15.9 Å². The predicted molar refractivity (Wildman–Crippen MR) is 68.3 cm³/mol. The van der Waals surface area contributed by atoms with Gasteiger partial charge in [0.05, 0.1) is 5.60 Å². The van der Waals surface area contributed by atoms with E-state index in [1.54, 1.807) is 0 Å². The van der Waals surface area contributed by atoms with Gasteiger partial charge in [0.25, 0.3) is 0 Å². The Morgan fingerprint density at radius 2 is 2.13 bits per heavy atom. The minimum absolute atomic E-state index is 0.568. The van der Waals surface area contributed by atoms with E-state index >= 15 is 0 Å². The zero-order valence-corrected chi connectivity index (χ0v) is 11.1. The Bertz CT molecular complexity index is 336. The Hall–Kier alpha value is -0.540. The van der Waals surface area contributed by atoms with E-state index < -0.39 is 5.60 Å². The van der Waals surface area contributed by atoms with Crippen molar-refractivity contribution in [2.45, 2.75) is 32.8 Å². The van der Waals surface area contributed by atoms with Crippen LogP contribution in [0.15, 0.2) is 22.7 Å². The fraction of sp³-hybridized carbons (Fsp3) is 0.500. The van der Waals surface area contributed by atoms with E-state index in [1.807, 2.05) is 32.0 Å². The van der Waals surface area contributed by atoms with Crippen LogP contribution in [-0.2, 0) is 0 Å². The molecule has 2 nitrogen and oxygen atoms in total. The first-order chi connectivity index (χ1) is 6.94. The smallest absolute Gasteiger partial charge is 0.0788 e. The zero-order valence-electron chi connectivity index (χ0n) is 9.47. The molecule has 0 bridgehead atoms. The second-order valence-corrected chi connectivity index (χ2v) is 5.02. The lowest BCUT2D eigenvalue weighted by atomic mass is 10.0. The third-order valence-electron chi connectivity index (χ3n) is 2.61. The summed E-state index contributed by atoms with van der Waals surface area (Å²) < 4.78 is 1.09. The van der Waals surface area contributed by atoms with Crippen molar-refractivity contribution >= 4 is 21.6 Å². The van der Waals surface area contributed by atoms with Crippen LogP contribution in [0.4, 0.5) is 5.69 Å². The summed E-state index contributed by atoms with van der Waals surface area (Å²) in [4.78, 5) is 0. The summed E-state index contributed by atoms with van der Waals surface area (Å²) in [7, 11) is 0. The number of benzene rings is 1.